The van der Waals surface area contributed by atoms with Crippen LogP contribution in [-0.4, -0.2) is 59.1 Å². The van der Waals surface area contributed by atoms with Gasteiger partial charge < -0.3 is 10.2 Å². The fourth-order valence-corrected chi connectivity index (χ4v) is 4.50. The predicted octanol–water partition coefficient (Wildman–Crippen LogP) is 1.83. The van der Waals surface area contributed by atoms with Crippen molar-refractivity contribution in [2.45, 2.75) is 11.8 Å². The third-order valence-corrected chi connectivity index (χ3v) is 6.51. The molecule has 0 aliphatic carbocycles. The molecule has 0 aromatic carbocycles. The quantitative estimate of drug-likeness (QED) is 0.678. The molecule has 0 amide bonds. The Morgan fingerprint density at radius 3 is 2.41 bits per heavy atom. The first kappa shape index (κ1) is 19.2. The monoisotopic (exact) mass is 411 g/mol. The van der Waals surface area contributed by atoms with Crippen LogP contribution in [0.5, 0.6) is 0 Å². The van der Waals surface area contributed by atoms with Crippen molar-refractivity contribution in [2.75, 3.05) is 36.4 Å². The molecule has 0 radical (unpaired) electrons. The second kappa shape index (κ2) is 8.10. The van der Waals surface area contributed by atoms with E-state index in [0.717, 1.165) is 5.69 Å². The summed E-state index contributed by atoms with van der Waals surface area (Å²) in [6, 6.07) is 12.6. The maximum Gasteiger partial charge on any atom is 0.244 e. The number of anilines is 3. The van der Waals surface area contributed by atoms with E-state index in [4.69, 9.17) is 0 Å². The molecular formula is C19H21N7O2S. The number of nitrogens with zero attached hydrogens (tertiary/aromatic N) is 6. The van der Waals surface area contributed by atoms with Crippen LogP contribution in [0, 0.1) is 6.92 Å². The van der Waals surface area contributed by atoms with Crippen LogP contribution < -0.4 is 10.2 Å². The predicted molar refractivity (Wildman–Crippen MR) is 109 cm³/mol. The molecule has 3 aromatic heterocycles. The van der Waals surface area contributed by atoms with Crippen LogP contribution in [0.15, 0.2) is 59.8 Å². The minimum atomic E-state index is -3.52. The van der Waals surface area contributed by atoms with E-state index in [1.54, 1.807) is 18.3 Å². The van der Waals surface area contributed by atoms with E-state index < -0.39 is 10.0 Å². The van der Waals surface area contributed by atoms with Crippen LogP contribution in [0.2, 0.25) is 0 Å². The minimum absolute atomic E-state index is 0.216. The molecule has 3 aromatic rings. The number of aryl methyl sites for hydroxylation is 1. The molecule has 0 atom stereocenters. The van der Waals surface area contributed by atoms with Crippen LogP contribution in [0.3, 0.4) is 0 Å². The van der Waals surface area contributed by atoms with Gasteiger partial charge in [0.25, 0.3) is 0 Å². The van der Waals surface area contributed by atoms with Crippen LogP contribution >= 0.6 is 0 Å². The Labute approximate surface area is 169 Å². The lowest BCUT2D eigenvalue weighted by atomic mass is 10.3. The Morgan fingerprint density at radius 1 is 0.931 bits per heavy atom. The van der Waals surface area contributed by atoms with Crippen LogP contribution in [-0.2, 0) is 10.0 Å². The summed E-state index contributed by atoms with van der Waals surface area (Å²) in [6.07, 6.45) is 2.94. The molecule has 1 aliphatic rings. The number of pyridine rings is 2. The van der Waals surface area contributed by atoms with Crippen molar-refractivity contribution in [3.8, 4) is 0 Å². The molecule has 1 N–H and O–H groups in total. The van der Waals surface area contributed by atoms with Gasteiger partial charge in [0, 0.05) is 44.3 Å². The number of rotatable bonds is 5. The van der Waals surface area contributed by atoms with Crippen molar-refractivity contribution in [3.05, 3.63) is 60.6 Å². The molecule has 10 heteroatoms. The van der Waals surface area contributed by atoms with Gasteiger partial charge in [0.2, 0.25) is 10.0 Å². The highest BCUT2D eigenvalue weighted by Gasteiger charge is 2.29. The first-order chi connectivity index (χ1) is 14.0. The van der Waals surface area contributed by atoms with Crippen LogP contribution in [0.4, 0.5) is 17.5 Å². The summed E-state index contributed by atoms with van der Waals surface area (Å²) in [5.74, 6) is 2.03. The summed E-state index contributed by atoms with van der Waals surface area (Å²) in [4.78, 5) is 10.5. The topological polar surface area (TPSA) is 104 Å². The maximum absolute atomic E-state index is 12.7. The zero-order chi connectivity index (χ0) is 20.3. The van der Waals surface area contributed by atoms with Crippen molar-refractivity contribution in [1.82, 2.24) is 24.5 Å². The lowest BCUT2D eigenvalue weighted by Crippen LogP contribution is -2.49. The van der Waals surface area contributed by atoms with Crippen molar-refractivity contribution in [3.63, 3.8) is 0 Å². The fraction of sp³-hybridized carbons (Fsp3) is 0.263. The van der Waals surface area contributed by atoms with E-state index >= 15 is 0 Å². The highest BCUT2D eigenvalue weighted by Crippen LogP contribution is 2.20. The number of piperazine rings is 1. The lowest BCUT2D eigenvalue weighted by molar-refractivity contribution is 0.383. The molecule has 1 aliphatic heterocycles. The molecule has 150 valence electrons. The molecule has 0 saturated carbocycles. The summed E-state index contributed by atoms with van der Waals surface area (Å²) in [7, 11) is -3.52. The summed E-state index contributed by atoms with van der Waals surface area (Å²) in [6.45, 7) is 3.77. The van der Waals surface area contributed by atoms with E-state index in [0.29, 0.717) is 43.6 Å². The first-order valence-electron chi connectivity index (χ1n) is 9.22. The highest BCUT2D eigenvalue weighted by molar-refractivity contribution is 7.89. The molecule has 1 fully saturated rings. The number of aromatic nitrogens is 4. The fourth-order valence-electron chi connectivity index (χ4n) is 3.11. The SMILES string of the molecule is Cc1cccc(Nc2ccc(N3CCN(S(=O)(=O)c4cccnc4)CC3)nn2)n1. The molecule has 1 saturated heterocycles. The van der Waals surface area contributed by atoms with Crippen molar-refractivity contribution in [2.24, 2.45) is 0 Å². The number of hydrogen-bond donors (Lipinski definition) is 1. The minimum Gasteiger partial charge on any atom is -0.352 e. The molecule has 0 bridgehead atoms. The zero-order valence-corrected chi connectivity index (χ0v) is 16.7. The molecular weight excluding hydrogens is 390 g/mol. The Bertz CT molecular complexity index is 1070. The Balaban J connectivity index is 1.39. The van der Waals surface area contributed by atoms with E-state index in [-0.39, 0.29) is 4.90 Å². The van der Waals surface area contributed by atoms with Gasteiger partial charge in [0.05, 0.1) is 0 Å². The van der Waals surface area contributed by atoms with Crippen molar-refractivity contribution >= 4 is 27.5 Å². The van der Waals surface area contributed by atoms with Crippen LogP contribution in [0.1, 0.15) is 5.69 Å². The standard InChI is InChI=1S/C19H21N7O2S/c1-15-4-2-6-17(21-15)22-18-7-8-19(24-23-18)25-10-12-26(13-11-25)29(27,28)16-5-3-9-20-14-16/h2-9,14H,10-13H2,1H3,(H,21,22,23). The molecule has 0 spiro atoms. The first-order valence-corrected chi connectivity index (χ1v) is 10.7. The second-order valence-corrected chi connectivity index (χ2v) is 8.58. The highest BCUT2D eigenvalue weighted by atomic mass is 32.2. The number of nitrogens with one attached hydrogen (secondary N) is 1. The summed E-state index contributed by atoms with van der Waals surface area (Å²) in [5, 5.41) is 11.6. The van der Waals surface area contributed by atoms with Gasteiger partial charge >= 0.3 is 0 Å². The largest absolute Gasteiger partial charge is 0.352 e. The van der Waals surface area contributed by atoms with Gasteiger partial charge in [-0.25, -0.2) is 13.4 Å². The van der Waals surface area contributed by atoms with Gasteiger partial charge in [0.1, 0.15) is 10.7 Å². The Kier molecular flexibility index (Phi) is 5.36. The molecule has 29 heavy (non-hydrogen) atoms. The molecule has 9 nitrogen and oxygen atoms in total. The summed E-state index contributed by atoms with van der Waals surface area (Å²) >= 11 is 0. The summed E-state index contributed by atoms with van der Waals surface area (Å²) in [5.41, 5.74) is 0.915. The smallest absolute Gasteiger partial charge is 0.244 e. The molecule has 4 heterocycles. The number of hydrogen-bond acceptors (Lipinski definition) is 8. The van der Waals surface area contributed by atoms with Gasteiger partial charge in [0.15, 0.2) is 11.6 Å². The van der Waals surface area contributed by atoms with E-state index in [2.05, 4.69) is 25.5 Å². The second-order valence-electron chi connectivity index (χ2n) is 6.65. The van der Waals surface area contributed by atoms with Crippen molar-refractivity contribution < 1.29 is 8.42 Å². The lowest BCUT2D eigenvalue weighted by Gasteiger charge is -2.34. The van der Waals surface area contributed by atoms with Gasteiger partial charge in [-0.2, -0.15) is 4.31 Å². The average Bonchev–Trinajstić information content (AvgIpc) is 2.75. The third kappa shape index (κ3) is 4.33. The Hall–Kier alpha value is -3.11. The van der Waals surface area contributed by atoms with Gasteiger partial charge in [-0.3, -0.25) is 4.98 Å². The summed E-state index contributed by atoms with van der Waals surface area (Å²) < 4.78 is 26.9. The van der Waals surface area contributed by atoms with E-state index in [1.165, 1.54) is 10.5 Å². The van der Waals surface area contributed by atoms with Gasteiger partial charge in [-0.1, -0.05) is 6.07 Å². The maximum atomic E-state index is 12.7. The van der Waals surface area contributed by atoms with Gasteiger partial charge in [-0.15, -0.1) is 10.2 Å². The Morgan fingerprint density at radius 2 is 1.76 bits per heavy atom. The van der Waals surface area contributed by atoms with Crippen molar-refractivity contribution in [1.29, 1.82) is 0 Å². The zero-order valence-electron chi connectivity index (χ0n) is 15.9. The third-order valence-electron chi connectivity index (χ3n) is 4.63. The average molecular weight is 411 g/mol. The van der Waals surface area contributed by atoms with E-state index in [1.807, 2.05) is 42.2 Å². The normalized spacial score (nSPS) is 15.3. The van der Waals surface area contributed by atoms with E-state index in [9.17, 15) is 8.42 Å². The molecule has 0 unspecified atom stereocenters. The number of sulfonamides is 1. The van der Waals surface area contributed by atoms with Crippen LogP contribution in [0.25, 0.3) is 0 Å². The van der Waals surface area contributed by atoms with Gasteiger partial charge in [-0.05, 0) is 43.3 Å². The molecule has 4 rings (SSSR count).